The third-order valence-corrected chi connectivity index (χ3v) is 4.88. The molecule has 1 heterocycles. The normalized spacial score (nSPS) is 17.6. The van der Waals surface area contributed by atoms with Crippen LogP contribution in [0.4, 0.5) is 5.69 Å². The summed E-state index contributed by atoms with van der Waals surface area (Å²) in [6, 6.07) is 11.5. The summed E-state index contributed by atoms with van der Waals surface area (Å²) in [5.74, 6) is -0.430. The fourth-order valence-electron chi connectivity index (χ4n) is 2.65. The van der Waals surface area contributed by atoms with Crippen LogP contribution < -0.4 is 10.2 Å². The molecular formula is C17H14Cl3N2O2+. The van der Waals surface area contributed by atoms with Gasteiger partial charge in [0.25, 0.3) is 5.91 Å². The molecule has 2 aromatic carbocycles. The maximum Gasteiger partial charge on any atom is 0.292 e. The molecule has 0 spiro atoms. The van der Waals surface area contributed by atoms with Gasteiger partial charge in [0.2, 0.25) is 5.91 Å². The Bertz CT molecular complexity index is 793. The van der Waals surface area contributed by atoms with E-state index in [-0.39, 0.29) is 18.2 Å². The summed E-state index contributed by atoms with van der Waals surface area (Å²) in [4.78, 5) is 26.0. The van der Waals surface area contributed by atoms with Crippen molar-refractivity contribution in [2.75, 3.05) is 4.90 Å². The second-order valence-electron chi connectivity index (χ2n) is 5.54. The van der Waals surface area contributed by atoms with Crippen LogP contribution >= 0.6 is 34.8 Å². The Balaban J connectivity index is 1.69. The van der Waals surface area contributed by atoms with E-state index in [0.29, 0.717) is 27.3 Å². The van der Waals surface area contributed by atoms with Gasteiger partial charge >= 0.3 is 0 Å². The lowest BCUT2D eigenvalue weighted by molar-refractivity contribution is -0.690. The predicted octanol–water partition coefficient (Wildman–Crippen LogP) is 3.04. The summed E-state index contributed by atoms with van der Waals surface area (Å²) >= 11 is 17.7. The van der Waals surface area contributed by atoms with Gasteiger partial charge in [-0.2, -0.15) is 0 Å². The number of nitrogens with two attached hydrogens (primary N) is 1. The van der Waals surface area contributed by atoms with Crippen LogP contribution in [0.1, 0.15) is 12.0 Å². The average Bonchev–Trinajstić information content (AvgIpc) is 2.84. The number of imide groups is 1. The molecule has 0 unspecified atom stereocenters. The monoisotopic (exact) mass is 383 g/mol. The van der Waals surface area contributed by atoms with Crippen molar-refractivity contribution in [1.82, 2.24) is 0 Å². The molecule has 2 N–H and O–H groups in total. The SMILES string of the molecule is O=C1C[C@@H]([NH2+]Cc2ccc(Cl)c(Cl)c2)C(=O)N1c1ccc(Cl)cc1. The fourth-order valence-corrected chi connectivity index (χ4v) is 3.09. The minimum absolute atomic E-state index is 0.169. The zero-order valence-corrected chi connectivity index (χ0v) is 14.8. The molecule has 1 atom stereocenters. The summed E-state index contributed by atoms with van der Waals surface area (Å²) in [5.41, 5.74) is 1.48. The minimum Gasteiger partial charge on any atom is -0.332 e. The quantitative estimate of drug-likeness (QED) is 0.824. The van der Waals surface area contributed by atoms with E-state index < -0.39 is 6.04 Å². The van der Waals surface area contributed by atoms with Crippen molar-refractivity contribution in [3.05, 3.63) is 63.1 Å². The molecule has 1 aliphatic heterocycles. The standard InChI is InChI=1S/C17H13Cl3N2O2/c18-11-2-4-12(5-3-11)22-16(23)8-15(17(22)24)21-9-10-1-6-13(19)14(20)7-10/h1-7,15,21H,8-9H2/p+1/t15-/m1/s1. The largest absolute Gasteiger partial charge is 0.332 e. The van der Waals surface area contributed by atoms with Crippen LogP contribution in [0.5, 0.6) is 0 Å². The van der Waals surface area contributed by atoms with Gasteiger partial charge in [0.15, 0.2) is 6.04 Å². The Morgan fingerprint density at radius 1 is 1.00 bits per heavy atom. The zero-order valence-electron chi connectivity index (χ0n) is 12.5. The molecule has 24 heavy (non-hydrogen) atoms. The van der Waals surface area contributed by atoms with Crippen LogP contribution in [0.25, 0.3) is 0 Å². The third kappa shape index (κ3) is 3.57. The maximum absolute atomic E-state index is 12.5. The zero-order chi connectivity index (χ0) is 17.3. The van der Waals surface area contributed by atoms with Crippen molar-refractivity contribution >= 4 is 52.3 Å². The highest BCUT2D eigenvalue weighted by molar-refractivity contribution is 6.42. The number of halogens is 3. The molecule has 124 valence electrons. The highest BCUT2D eigenvalue weighted by Gasteiger charge is 2.42. The molecule has 0 radical (unpaired) electrons. The van der Waals surface area contributed by atoms with Gasteiger partial charge in [-0.05, 0) is 36.4 Å². The van der Waals surface area contributed by atoms with Crippen molar-refractivity contribution in [3.8, 4) is 0 Å². The average molecular weight is 385 g/mol. The Kier molecular flexibility index (Phi) is 5.11. The van der Waals surface area contributed by atoms with Crippen molar-refractivity contribution < 1.29 is 14.9 Å². The Hall–Kier alpha value is -1.59. The van der Waals surface area contributed by atoms with Crippen molar-refractivity contribution in [2.45, 2.75) is 19.0 Å². The number of hydrogen-bond donors (Lipinski definition) is 1. The molecule has 1 aliphatic rings. The van der Waals surface area contributed by atoms with E-state index in [1.54, 1.807) is 36.4 Å². The van der Waals surface area contributed by atoms with Gasteiger partial charge in [-0.25, -0.2) is 4.90 Å². The van der Waals surface area contributed by atoms with Crippen LogP contribution in [0.3, 0.4) is 0 Å². The molecule has 3 rings (SSSR count). The number of quaternary nitrogens is 1. The molecule has 4 nitrogen and oxygen atoms in total. The van der Waals surface area contributed by atoms with Gasteiger partial charge in [0.1, 0.15) is 6.54 Å². The lowest BCUT2D eigenvalue weighted by Crippen LogP contribution is -2.90. The summed E-state index contributed by atoms with van der Waals surface area (Å²) < 4.78 is 0. The van der Waals surface area contributed by atoms with Crippen molar-refractivity contribution in [2.24, 2.45) is 0 Å². The molecule has 0 saturated carbocycles. The molecule has 1 saturated heterocycles. The summed E-state index contributed by atoms with van der Waals surface area (Å²) in [6.07, 6.45) is 0.169. The minimum atomic E-state index is -0.442. The molecule has 0 bridgehead atoms. The third-order valence-electron chi connectivity index (χ3n) is 3.89. The molecule has 2 amide bonds. The van der Waals surface area contributed by atoms with E-state index in [4.69, 9.17) is 34.8 Å². The van der Waals surface area contributed by atoms with Crippen LogP contribution in [-0.4, -0.2) is 17.9 Å². The van der Waals surface area contributed by atoms with E-state index >= 15 is 0 Å². The van der Waals surface area contributed by atoms with Gasteiger partial charge in [-0.3, -0.25) is 9.59 Å². The molecule has 7 heteroatoms. The van der Waals surface area contributed by atoms with E-state index in [1.807, 2.05) is 11.4 Å². The van der Waals surface area contributed by atoms with Gasteiger partial charge in [0, 0.05) is 10.6 Å². The number of rotatable bonds is 4. The highest BCUT2D eigenvalue weighted by atomic mass is 35.5. The van der Waals surface area contributed by atoms with Gasteiger partial charge in [0.05, 0.1) is 22.2 Å². The van der Waals surface area contributed by atoms with Gasteiger partial charge in [-0.15, -0.1) is 0 Å². The van der Waals surface area contributed by atoms with E-state index in [9.17, 15) is 9.59 Å². The fraction of sp³-hybridized carbons (Fsp3) is 0.176. The topological polar surface area (TPSA) is 54.0 Å². The van der Waals surface area contributed by atoms with Crippen LogP contribution in [0.2, 0.25) is 15.1 Å². The number of carbonyl (C=O) groups excluding carboxylic acids is 2. The smallest absolute Gasteiger partial charge is 0.292 e. The number of anilines is 1. The van der Waals surface area contributed by atoms with E-state index in [1.165, 1.54) is 4.90 Å². The first-order chi connectivity index (χ1) is 11.5. The van der Waals surface area contributed by atoms with Crippen LogP contribution in [-0.2, 0) is 16.1 Å². The predicted molar refractivity (Wildman–Crippen MR) is 94.4 cm³/mol. The van der Waals surface area contributed by atoms with Crippen LogP contribution in [0.15, 0.2) is 42.5 Å². The first-order valence-corrected chi connectivity index (χ1v) is 8.48. The summed E-state index contributed by atoms with van der Waals surface area (Å²) in [5, 5.41) is 3.36. The van der Waals surface area contributed by atoms with Gasteiger partial charge < -0.3 is 5.32 Å². The Morgan fingerprint density at radius 2 is 1.71 bits per heavy atom. The lowest BCUT2D eigenvalue weighted by Gasteiger charge is -2.14. The Morgan fingerprint density at radius 3 is 2.38 bits per heavy atom. The summed E-state index contributed by atoms with van der Waals surface area (Å²) in [7, 11) is 0. The van der Waals surface area contributed by atoms with Gasteiger partial charge in [-0.1, -0.05) is 40.9 Å². The second kappa shape index (κ2) is 7.11. The molecule has 0 aliphatic carbocycles. The number of benzene rings is 2. The maximum atomic E-state index is 12.5. The molecule has 2 aromatic rings. The molecular weight excluding hydrogens is 371 g/mol. The Labute approximate surface area is 154 Å². The number of hydrogen-bond acceptors (Lipinski definition) is 2. The number of amides is 2. The molecule has 0 aromatic heterocycles. The summed E-state index contributed by atoms with van der Waals surface area (Å²) in [6.45, 7) is 0.537. The van der Waals surface area contributed by atoms with Crippen molar-refractivity contribution in [3.63, 3.8) is 0 Å². The molecule has 1 fully saturated rings. The lowest BCUT2D eigenvalue weighted by atomic mass is 10.2. The first kappa shape index (κ1) is 17.2. The van der Waals surface area contributed by atoms with E-state index in [0.717, 1.165) is 5.56 Å². The van der Waals surface area contributed by atoms with Crippen molar-refractivity contribution in [1.29, 1.82) is 0 Å². The number of carbonyl (C=O) groups is 2. The van der Waals surface area contributed by atoms with E-state index in [2.05, 4.69) is 0 Å². The highest BCUT2D eigenvalue weighted by Crippen LogP contribution is 2.24. The second-order valence-corrected chi connectivity index (χ2v) is 6.79. The van der Waals surface area contributed by atoms with Crippen LogP contribution in [0, 0.1) is 0 Å². The number of nitrogens with zero attached hydrogens (tertiary/aromatic N) is 1. The first-order valence-electron chi connectivity index (χ1n) is 7.35.